The highest BCUT2D eigenvalue weighted by atomic mass is 19.1. The number of fused-ring (bicyclic) bond motifs is 1. The summed E-state index contributed by atoms with van der Waals surface area (Å²) in [4.78, 5) is 13.3. The van der Waals surface area contributed by atoms with Crippen LogP contribution < -0.4 is 0 Å². The fourth-order valence-corrected chi connectivity index (χ4v) is 2.29. The first-order valence-electron chi connectivity index (χ1n) is 6.25. The van der Waals surface area contributed by atoms with Crippen LogP contribution in [0.4, 0.5) is 10.1 Å². The van der Waals surface area contributed by atoms with E-state index in [9.17, 15) is 19.6 Å². The molecule has 0 radical (unpaired) electrons. The normalized spacial score (nSPS) is 12.5. The van der Waals surface area contributed by atoms with Crippen LogP contribution in [-0.2, 0) is 0 Å². The summed E-state index contributed by atoms with van der Waals surface area (Å²) >= 11 is 0. The first kappa shape index (κ1) is 13.3. The lowest BCUT2D eigenvalue weighted by molar-refractivity contribution is -0.384. The van der Waals surface area contributed by atoms with Crippen LogP contribution in [0.2, 0.25) is 0 Å². The Bertz CT molecular complexity index is 811. The van der Waals surface area contributed by atoms with Gasteiger partial charge in [-0.1, -0.05) is 12.1 Å². The van der Waals surface area contributed by atoms with Crippen molar-refractivity contribution < 1.29 is 14.4 Å². The second-order valence-corrected chi connectivity index (χ2v) is 4.69. The Hall–Kier alpha value is -2.73. The first-order valence-corrected chi connectivity index (χ1v) is 6.25. The minimum Gasteiger partial charge on any atom is -0.384 e. The summed E-state index contributed by atoms with van der Waals surface area (Å²) in [6, 6.07) is 9.88. The third-order valence-corrected chi connectivity index (χ3v) is 3.39. The molecule has 106 valence electrons. The smallest absolute Gasteiger partial charge is 0.270 e. The highest BCUT2D eigenvalue weighted by molar-refractivity contribution is 5.86. The summed E-state index contributed by atoms with van der Waals surface area (Å²) < 4.78 is 12.9. The van der Waals surface area contributed by atoms with Gasteiger partial charge in [0.1, 0.15) is 11.9 Å². The Morgan fingerprint density at radius 2 is 1.90 bits per heavy atom. The topological polar surface area (TPSA) is 79.2 Å². The Morgan fingerprint density at radius 3 is 2.57 bits per heavy atom. The zero-order chi connectivity index (χ0) is 15.0. The predicted octanol–water partition coefficient (Wildman–Crippen LogP) is 3.30. The number of nitro groups is 1. The Kier molecular flexibility index (Phi) is 3.15. The van der Waals surface area contributed by atoms with Gasteiger partial charge in [0.2, 0.25) is 0 Å². The molecular weight excluding hydrogens is 275 g/mol. The average molecular weight is 286 g/mol. The number of aliphatic hydroxyl groups excluding tert-OH is 1. The molecule has 2 N–H and O–H groups in total. The zero-order valence-electron chi connectivity index (χ0n) is 10.8. The molecule has 1 unspecified atom stereocenters. The Balaban J connectivity index is 2.09. The van der Waals surface area contributed by atoms with E-state index in [4.69, 9.17) is 0 Å². The van der Waals surface area contributed by atoms with E-state index in [2.05, 4.69) is 4.98 Å². The molecule has 0 fully saturated rings. The van der Waals surface area contributed by atoms with Crippen LogP contribution in [0, 0.1) is 15.9 Å². The Labute approximate surface area is 118 Å². The van der Waals surface area contributed by atoms with Crippen LogP contribution in [-0.4, -0.2) is 15.0 Å². The number of non-ortho nitro benzene ring substituents is 1. The molecule has 2 aromatic carbocycles. The van der Waals surface area contributed by atoms with E-state index < -0.39 is 11.0 Å². The van der Waals surface area contributed by atoms with Crippen LogP contribution in [0.1, 0.15) is 17.2 Å². The van der Waals surface area contributed by atoms with Crippen molar-refractivity contribution in [2.75, 3.05) is 0 Å². The summed E-state index contributed by atoms with van der Waals surface area (Å²) in [6.07, 6.45) is 0.615. The van der Waals surface area contributed by atoms with Crippen LogP contribution in [0.15, 0.2) is 48.7 Å². The van der Waals surface area contributed by atoms with Crippen molar-refractivity contribution in [2.24, 2.45) is 0 Å². The highest BCUT2D eigenvalue weighted by Crippen LogP contribution is 2.31. The molecule has 3 rings (SSSR count). The average Bonchev–Trinajstić information content (AvgIpc) is 2.90. The molecule has 3 aromatic rings. The molecule has 21 heavy (non-hydrogen) atoms. The van der Waals surface area contributed by atoms with Gasteiger partial charge in [0, 0.05) is 34.8 Å². The largest absolute Gasteiger partial charge is 0.384 e. The van der Waals surface area contributed by atoms with Crippen molar-refractivity contribution in [1.29, 1.82) is 0 Å². The van der Waals surface area contributed by atoms with Crippen molar-refractivity contribution in [2.45, 2.75) is 6.10 Å². The molecule has 1 aromatic heterocycles. The van der Waals surface area contributed by atoms with E-state index in [0.29, 0.717) is 22.0 Å². The number of hydrogen-bond donors (Lipinski definition) is 2. The van der Waals surface area contributed by atoms with Crippen LogP contribution in [0.5, 0.6) is 0 Å². The van der Waals surface area contributed by atoms with Crippen molar-refractivity contribution in [3.63, 3.8) is 0 Å². The first-order chi connectivity index (χ1) is 10.1. The van der Waals surface area contributed by atoms with Gasteiger partial charge in [-0.05, 0) is 23.8 Å². The number of rotatable bonds is 3. The lowest BCUT2D eigenvalue weighted by Crippen LogP contribution is -1.99. The van der Waals surface area contributed by atoms with E-state index in [-0.39, 0.29) is 11.5 Å². The maximum absolute atomic E-state index is 12.9. The van der Waals surface area contributed by atoms with Crippen molar-refractivity contribution in [3.8, 4) is 0 Å². The van der Waals surface area contributed by atoms with Gasteiger partial charge >= 0.3 is 0 Å². The number of nitrogens with zero attached hydrogens (tertiary/aromatic N) is 1. The molecule has 0 amide bonds. The van der Waals surface area contributed by atoms with E-state index in [1.807, 2.05) is 0 Å². The Morgan fingerprint density at radius 1 is 1.19 bits per heavy atom. The van der Waals surface area contributed by atoms with Gasteiger partial charge < -0.3 is 10.1 Å². The molecule has 0 aliphatic rings. The van der Waals surface area contributed by atoms with Crippen molar-refractivity contribution >= 4 is 16.6 Å². The van der Waals surface area contributed by atoms with Crippen LogP contribution in [0.3, 0.4) is 0 Å². The number of H-pyrrole nitrogens is 1. The quantitative estimate of drug-likeness (QED) is 0.572. The number of nitrogens with one attached hydrogen (secondary N) is 1. The molecule has 1 atom stereocenters. The fourth-order valence-electron chi connectivity index (χ4n) is 2.29. The lowest BCUT2D eigenvalue weighted by Gasteiger charge is -2.10. The monoisotopic (exact) mass is 286 g/mol. The van der Waals surface area contributed by atoms with Gasteiger partial charge in [0.15, 0.2) is 0 Å². The highest BCUT2D eigenvalue weighted by Gasteiger charge is 2.17. The number of hydrogen-bond acceptors (Lipinski definition) is 3. The maximum Gasteiger partial charge on any atom is 0.270 e. The van der Waals surface area contributed by atoms with Gasteiger partial charge in [0.25, 0.3) is 5.69 Å². The van der Waals surface area contributed by atoms with Gasteiger partial charge in [-0.25, -0.2) is 4.39 Å². The summed E-state index contributed by atoms with van der Waals surface area (Å²) in [7, 11) is 0. The minimum absolute atomic E-state index is 0.0466. The van der Waals surface area contributed by atoms with E-state index >= 15 is 0 Å². The third kappa shape index (κ3) is 2.36. The summed E-state index contributed by atoms with van der Waals surface area (Å²) in [6.45, 7) is 0. The molecule has 0 aliphatic heterocycles. The van der Waals surface area contributed by atoms with E-state index in [1.165, 1.54) is 36.4 Å². The van der Waals surface area contributed by atoms with Crippen molar-refractivity contribution in [3.05, 3.63) is 75.7 Å². The number of aromatic nitrogens is 1. The zero-order valence-corrected chi connectivity index (χ0v) is 10.8. The second-order valence-electron chi connectivity index (χ2n) is 4.69. The number of halogens is 1. The SMILES string of the molecule is O=[N+]([O-])c1ccc2[nH]cc(C(O)c3ccc(F)cc3)c2c1. The van der Waals surface area contributed by atoms with Gasteiger partial charge in [0.05, 0.1) is 4.92 Å². The summed E-state index contributed by atoms with van der Waals surface area (Å²) in [5.41, 5.74) is 1.68. The maximum atomic E-state index is 12.9. The van der Waals surface area contributed by atoms with Crippen LogP contribution in [0.25, 0.3) is 10.9 Å². The molecule has 0 saturated heterocycles. The van der Waals surface area contributed by atoms with Gasteiger partial charge in [-0.2, -0.15) is 0 Å². The number of nitro benzene ring substituents is 1. The van der Waals surface area contributed by atoms with E-state index in [1.54, 1.807) is 12.3 Å². The van der Waals surface area contributed by atoms with Crippen molar-refractivity contribution in [1.82, 2.24) is 4.98 Å². The van der Waals surface area contributed by atoms with E-state index in [0.717, 1.165) is 0 Å². The summed E-state index contributed by atoms with van der Waals surface area (Å²) in [5, 5.41) is 21.8. The van der Waals surface area contributed by atoms with Gasteiger partial charge in [-0.15, -0.1) is 0 Å². The fraction of sp³-hybridized carbons (Fsp3) is 0.0667. The molecule has 1 heterocycles. The number of aliphatic hydroxyl groups is 1. The molecule has 0 saturated carbocycles. The second kappa shape index (κ2) is 4.99. The lowest BCUT2D eigenvalue weighted by atomic mass is 10.0. The third-order valence-electron chi connectivity index (χ3n) is 3.39. The van der Waals surface area contributed by atoms with Crippen LogP contribution >= 0.6 is 0 Å². The molecule has 0 aliphatic carbocycles. The molecule has 0 bridgehead atoms. The number of benzene rings is 2. The van der Waals surface area contributed by atoms with Gasteiger partial charge in [-0.3, -0.25) is 10.1 Å². The number of aromatic amines is 1. The molecule has 0 spiro atoms. The summed E-state index contributed by atoms with van der Waals surface area (Å²) in [5.74, 6) is -0.388. The molecule has 6 heteroatoms. The molecular formula is C15H11FN2O3. The minimum atomic E-state index is -0.985. The predicted molar refractivity (Wildman–Crippen MR) is 75.4 cm³/mol. The molecule has 5 nitrogen and oxygen atoms in total. The standard InChI is InChI=1S/C15H11FN2O3/c16-10-3-1-9(2-4-10)15(19)13-8-17-14-6-5-11(18(20)21)7-12(13)14/h1-8,15,17,19H.